The van der Waals surface area contributed by atoms with Crippen molar-refractivity contribution >= 4 is 26.8 Å². The molecule has 0 spiro atoms. The smallest absolute Gasteiger partial charge is 0.292 e. The van der Waals surface area contributed by atoms with Gasteiger partial charge in [0.25, 0.3) is 5.24 Å². The first-order valence-electron chi connectivity index (χ1n) is 9.00. The third-order valence-electron chi connectivity index (χ3n) is 3.98. The minimum atomic E-state index is 0.209. The highest BCUT2D eigenvalue weighted by atomic mass is 33.1. The van der Waals surface area contributed by atoms with E-state index in [4.69, 9.17) is 4.74 Å². The SMILES string of the molecule is CCCCCCCCCCCCSSC(=O)N1CCOCC1. The third kappa shape index (κ3) is 10.8. The Balaban J connectivity index is 1.78. The van der Waals surface area contributed by atoms with Crippen LogP contribution in [-0.4, -0.2) is 42.2 Å². The predicted octanol–water partition coefficient (Wildman–Crippen LogP) is 5.74. The van der Waals surface area contributed by atoms with E-state index in [1.165, 1.54) is 75.0 Å². The van der Waals surface area contributed by atoms with E-state index in [9.17, 15) is 4.79 Å². The summed E-state index contributed by atoms with van der Waals surface area (Å²) in [4.78, 5) is 13.8. The van der Waals surface area contributed by atoms with Crippen molar-refractivity contribution in [3.05, 3.63) is 0 Å². The summed E-state index contributed by atoms with van der Waals surface area (Å²) in [6.45, 7) is 5.16. The molecule has 0 aromatic rings. The zero-order chi connectivity index (χ0) is 15.9. The highest BCUT2D eigenvalue weighted by molar-refractivity contribution is 8.82. The van der Waals surface area contributed by atoms with Gasteiger partial charge in [-0.2, -0.15) is 0 Å². The second-order valence-electron chi connectivity index (χ2n) is 5.95. The van der Waals surface area contributed by atoms with Crippen molar-refractivity contribution in [2.24, 2.45) is 0 Å². The van der Waals surface area contributed by atoms with Crippen LogP contribution in [0.25, 0.3) is 0 Å². The average molecular weight is 348 g/mol. The van der Waals surface area contributed by atoms with E-state index in [1.807, 2.05) is 4.90 Å². The number of carbonyl (C=O) groups excluding carboxylic acids is 1. The molecule has 0 bridgehead atoms. The fraction of sp³-hybridized carbons (Fsp3) is 0.941. The van der Waals surface area contributed by atoms with Crippen LogP contribution in [0.2, 0.25) is 0 Å². The van der Waals surface area contributed by atoms with Gasteiger partial charge < -0.3 is 9.64 Å². The van der Waals surface area contributed by atoms with Crippen LogP contribution in [0.4, 0.5) is 4.79 Å². The molecular formula is C17H33NO2S2. The Morgan fingerprint density at radius 3 is 2.05 bits per heavy atom. The molecule has 0 aromatic carbocycles. The van der Waals surface area contributed by atoms with Crippen molar-refractivity contribution < 1.29 is 9.53 Å². The van der Waals surface area contributed by atoms with E-state index in [-0.39, 0.29) is 5.24 Å². The van der Waals surface area contributed by atoms with Gasteiger partial charge in [0.1, 0.15) is 0 Å². The summed E-state index contributed by atoms with van der Waals surface area (Å²) in [7, 11) is 3.13. The van der Waals surface area contributed by atoms with Gasteiger partial charge in [0.2, 0.25) is 0 Å². The Bertz CT molecular complexity index is 271. The number of hydrogen-bond acceptors (Lipinski definition) is 4. The molecule has 1 aliphatic heterocycles. The minimum absolute atomic E-state index is 0.209. The van der Waals surface area contributed by atoms with Crippen LogP contribution in [0.15, 0.2) is 0 Å². The molecule has 0 radical (unpaired) electrons. The standard InChI is InChI=1S/C17H33NO2S2/c1-2-3-4-5-6-7-8-9-10-11-16-21-22-17(19)18-12-14-20-15-13-18/h2-16H2,1H3. The first-order valence-corrected chi connectivity index (χ1v) is 11.3. The van der Waals surface area contributed by atoms with Crippen LogP contribution < -0.4 is 0 Å². The van der Waals surface area contributed by atoms with Crippen LogP contribution in [0.5, 0.6) is 0 Å². The Hall–Kier alpha value is 0.130. The molecule has 1 saturated heterocycles. The largest absolute Gasteiger partial charge is 0.378 e. The maximum absolute atomic E-state index is 11.9. The molecule has 1 amide bonds. The van der Waals surface area contributed by atoms with Gasteiger partial charge in [-0.15, -0.1) is 0 Å². The molecule has 1 fully saturated rings. The maximum Gasteiger partial charge on any atom is 0.292 e. The van der Waals surface area contributed by atoms with E-state index < -0.39 is 0 Å². The monoisotopic (exact) mass is 347 g/mol. The summed E-state index contributed by atoms with van der Waals surface area (Å²) in [5.41, 5.74) is 0. The van der Waals surface area contributed by atoms with Gasteiger partial charge in [0.15, 0.2) is 0 Å². The zero-order valence-corrected chi connectivity index (χ0v) is 15.8. The van der Waals surface area contributed by atoms with E-state index in [0.29, 0.717) is 13.2 Å². The highest BCUT2D eigenvalue weighted by Crippen LogP contribution is 2.26. The summed E-state index contributed by atoms with van der Waals surface area (Å²) in [6, 6.07) is 0. The van der Waals surface area contributed by atoms with Crippen LogP contribution in [0.1, 0.15) is 71.1 Å². The van der Waals surface area contributed by atoms with E-state index in [2.05, 4.69) is 6.92 Å². The summed E-state index contributed by atoms with van der Waals surface area (Å²) in [5.74, 6) is 1.09. The van der Waals surface area contributed by atoms with Crippen molar-refractivity contribution in [1.29, 1.82) is 0 Å². The normalized spacial score (nSPS) is 15.2. The second-order valence-corrected chi connectivity index (χ2v) is 8.32. The Labute approximate surface area is 144 Å². The molecule has 0 aliphatic carbocycles. The molecular weight excluding hydrogens is 314 g/mol. The average Bonchev–Trinajstić information content (AvgIpc) is 2.56. The Morgan fingerprint density at radius 2 is 1.45 bits per heavy atom. The summed E-state index contributed by atoms with van der Waals surface area (Å²) in [6.07, 6.45) is 13.7. The molecule has 5 heteroatoms. The van der Waals surface area contributed by atoms with Gasteiger partial charge in [-0.3, -0.25) is 4.79 Å². The van der Waals surface area contributed by atoms with Crippen molar-refractivity contribution in [3.8, 4) is 0 Å². The highest BCUT2D eigenvalue weighted by Gasteiger charge is 2.17. The Kier molecular flexibility index (Phi) is 13.5. The molecule has 1 aliphatic rings. The fourth-order valence-corrected chi connectivity index (χ4v) is 4.56. The summed E-state index contributed by atoms with van der Waals surface area (Å²) < 4.78 is 5.26. The molecule has 3 nitrogen and oxygen atoms in total. The van der Waals surface area contributed by atoms with Gasteiger partial charge in [0.05, 0.1) is 13.2 Å². The van der Waals surface area contributed by atoms with E-state index in [1.54, 1.807) is 10.8 Å². The number of amides is 1. The van der Waals surface area contributed by atoms with Crippen molar-refractivity contribution in [3.63, 3.8) is 0 Å². The van der Waals surface area contributed by atoms with Crippen LogP contribution >= 0.6 is 21.6 Å². The number of nitrogens with zero attached hydrogens (tertiary/aromatic N) is 1. The lowest BCUT2D eigenvalue weighted by molar-refractivity contribution is 0.0593. The zero-order valence-electron chi connectivity index (χ0n) is 14.2. The molecule has 0 aromatic heterocycles. The molecule has 1 rings (SSSR count). The summed E-state index contributed by atoms with van der Waals surface area (Å²) >= 11 is 0. The fourth-order valence-electron chi connectivity index (χ4n) is 2.54. The molecule has 0 unspecified atom stereocenters. The lowest BCUT2D eigenvalue weighted by Crippen LogP contribution is -2.38. The number of morpholine rings is 1. The first-order chi connectivity index (χ1) is 10.8. The van der Waals surface area contributed by atoms with Crippen molar-refractivity contribution in [1.82, 2.24) is 4.90 Å². The van der Waals surface area contributed by atoms with Gasteiger partial charge in [0, 0.05) is 29.6 Å². The number of rotatable bonds is 12. The number of unbranched alkanes of at least 4 members (excludes halogenated alkanes) is 9. The van der Waals surface area contributed by atoms with Gasteiger partial charge in [-0.25, -0.2) is 0 Å². The predicted molar refractivity (Wildman–Crippen MR) is 99.7 cm³/mol. The molecule has 0 atom stereocenters. The number of carbonyl (C=O) groups is 1. The van der Waals surface area contributed by atoms with Crippen LogP contribution in [0.3, 0.4) is 0 Å². The lowest BCUT2D eigenvalue weighted by Gasteiger charge is -2.25. The third-order valence-corrected chi connectivity index (χ3v) is 6.24. The van der Waals surface area contributed by atoms with Crippen LogP contribution in [-0.2, 0) is 4.74 Å². The van der Waals surface area contributed by atoms with Gasteiger partial charge in [-0.05, 0) is 6.42 Å². The van der Waals surface area contributed by atoms with Crippen molar-refractivity contribution in [2.45, 2.75) is 71.1 Å². The number of hydrogen-bond donors (Lipinski definition) is 0. The molecule has 1 heterocycles. The molecule has 0 saturated carbocycles. The van der Waals surface area contributed by atoms with Gasteiger partial charge in [-0.1, -0.05) is 75.5 Å². The number of ether oxygens (including phenoxy) is 1. The quantitative estimate of drug-likeness (QED) is 0.332. The topological polar surface area (TPSA) is 29.5 Å². The summed E-state index contributed by atoms with van der Waals surface area (Å²) in [5, 5.41) is 0.209. The van der Waals surface area contributed by atoms with Crippen LogP contribution in [0, 0.1) is 0 Å². The molecule has 0 N–H and O–H groups in total. The molecule has 22 heavy (non-hydrogen) atoms. The van der Waals surface area contributed by atoms with E-state index in [0.717, 1.165) is 18.8 Å². The van der Waals surface area contributed by atoms with Crippen molar-refractivity contribution in [2.75, 3.05) is 32.1 Å². The molecule has 130 valence electrons. The van der Waals surface area contributed by atoms with Gasteiger partial charge >= 0.3 is 0 Å². The Morgan fingerprint density at radius 1 is 0.909 bits per heavy atom. The van der Waals surface area contributed by atoms with E-state index >= 15 is 0 Å². The lowest BCUT2D eigenvalue weighted by atomic mass is 10.1. The maximum atomic E-state index is 11.9. The first kappa shape index (κ1) is 20.2. The minimum Gasteiger partial charge on any atom is -0.378 e. The second kappa shape index (κ2) is 14.7.